The van der Waals surface area contributed by atoms with Crippen LogP contribution >= 0.6 is 23.8 Å². The van der Waals surface area contributed by atoms with Crippen LogP contribution in [0.3, 0.4) is 0 Å². The van der Waals surface area contributed by atoms with Crippen LogP contribution < -0.4 is 10.5 Å². The highest BCUT2D eigenvalue weighted by Crippen LogP contribution is 2.17. The van der Waals surface area contributed by atoms with Crippen LogP contribution in [0.25, 0.3) is 0 Å². The molecule has 19 heavy (non-hydrogen) atoms. The summed E-state index contributed by atoms with van der Waals surface area (Å²) in [5, 5.41) is 0.568. The molecule has 0 saturated carbocycles. The van der Waals surface area contributed by atoms with Gasteiger partial charge >= 0.3 is 0 Å². The number of benzene rings is 1. The predicted molar refractivity (Wildman–Crippen MR) is 80.6 cm³/mol. The van der Waals surface area contributed by atoms with Crippen molar-refractivity contribution in [1.29, 1.82) is 0 Å². The van der Waals surface area contributed by atoms with Gasteiger partial charge in [0.25, 0.3) is 5.91 Å². The van der Waals surface area contributed by atoms with Crippen LogP contribution in [0.4, 0.5) is 0 Å². The van der Waals surface area contributed by atoms with Crippen molar-refractivity contribution >= 4 is 34.7 Å². The predicted octanol–water partition coefficient (Wildman–Crippen LogP) is 2.24. The maximum Gasteiger partial charge on any atom is 0.260 e. The molecule has 104 valence electrons. The zero-order valence-electron chi connectivity index (χ0n) is 10.8. The highest BCUT2D eigenvalue weighted by Gasteiger charge is 2.14. The Morgan fingerprint density at radius 1 is 1.53 bits per heavy atom. The number of ether oxygens (including phenoxy) is 1. The second-order valence-electron chi connectivity index (χ2n) is 4.03. The second kappa shape index (κ2) is 7.96. The lowest BCUT2D eigenvalue weighted by atomic mass is 10.3. The highest BCUT2D eigenvalue weighted by molar-refractivity contribution is 7.80. The summed E-state index contributed by atoms with van der Waals surface area (Å²) in [6.45, 7) is 2.82. The zero-order valence-corrected chi connectivity index (χ0v) is 12.3. The third-order valence-corrected chi connectivity index (χ3v) is 2.72. The first-order chi connectivity index (χ1) is 9.02. The smallest absolute Gasteiger partial charge is 0.260 e. The van der Waals surface area contributed by atoms with Crippen molar-refractivity contribution in [2.24, 2.45) is 5.73 Å². The molecule has 0 fully saturated rings. The normalized spacial score (nSPS) is 10.0. The Bertz CT molecular complexity index is 454. The molecule has 0 spiro atoms. The largest absolute Gasteiger partial charge is 0.484 e. The molecule has 1 rings (SSSR count). The van der Waals surface area contributed by atoms with Crippen LogP contribution in [0.5, 0.6) is 5.75 Å². The molecule has 0 aromatic heterocycles. The van der Waals surface area contributed by atoms with Gasteiger partial charge in [0, 0.05) is 11.6 Å². The summed E-state index contributed by atoms with van der Waals surface area (Å²) in [5.74, 6) is 0.419. The van der Waals surface area contributed by atoms with Crippen molar-refractivity contribution in [3.63, 3.8) is 0 Å². The van der Waals surface area contributed by atoms with Gasteiger partial charge in [-0.3, -0.25) is 4.79 Å². The van der Waals surface area contributed by atoms with Gasteiger partial charge in [-0.15, -0.1) is 0 Å². The molecule has 2 N–H and O–H groups in total. The van der Waals surface area contributed by atoms with E-state index in [-0.39, 0.29) is 19.1 Å². The monoisotopic (exact) mass is 300 g/mol. The van der Waals surface area contributed by atoms with Gasteiger partial charge < -0.3 is 15.4 Å². The van der Waals surface area contributed by atoms with E-state index in [2.05, 4.69) is 0 Å². The van der Waals surface area contributed by atoms with E-state index in [9.17, 15) is 4.79 Å². The van der Waals surface area contributed by atoms with Gasteiger partial charge in [-0.05, 0) is 24.6 Å². The van der Waals surface area contributed by atoms with Gasteiger partial charge in [-0.1, -0.05) is 36.8 Å². The molecule has 1 aromatic carbocycles. The molecular formula is C13H17ClN2O2S. The summed E-state index contributed by atoms with van der Waals surface area (Å²) >= 11 is 10.7. The molecule has 0 unspecified atom stereocenters. The molecule has 0 aliphatic rings. The van der Waals surface area contributed by atoms with E-state index in [1.165, 1.54) is 0 Å². The number of halogens is 1. The molecule has 0 atom stereocenters. The molecule has 0 saturated heterocycles. The highest BCUT2D eigenvalue weighted by atomic mass is 35.5. The van der Waals surface area contributed by atoms with Crippen LogP contribution in [-0.4, -0.2) is 35.5 Å². The summed E-state index contributed by atoms with van der Waals surface area (Å²) < 4.78 is 5.40. The van der Waals surface area contributed by atoms with Crippen molar-refractivity contribution < 1.29 is 9.53 Å². The van der Waals surface area contributed by atoms with E-state index in [1.54, 1.807) is 29.2 Å². The van der Waals surface area contributed by atoms with Crippen LogP contribution in [0.2, 0.25) is 5.02 Å². The van der Waals surface area contributed by atoms with Gasteiger partial charge in [0.15, 0.2) is 6.61 Å². The number of thiocarbonyl (C=S) groups is 1. The number of carbonyl (C=O) groups is 1. The molecule has 0 radical (unpaired) electrons. The number of nitrogens with zero attached hydrogens (tertiary/aromatic N) is 1. The summed E-state index contributed by atoms with van der Waals surface area (Å²) in [6.07, 6.45) is 0.839. The van der Waals surface area contributed by atoms with E-state index in [0.717, 1.165) is 6.42 Å². The van der Waals surface area contributed by atoms with Crippen LogP contribution in [0.1, 0.15) is 13.3 Å². The third kappa shape index (κ3) is 5.89. The minimum Gasteiger partial charge on any atom is -0.484 e. The Labute approximate surface area is 123 Å². The number of carbonyl (C=O) groups excluding carboxylic acids is 1. The van der Waals surface area contributed by atoms with Crippen LogP contribution in [0, 0.1) is 0 Å². The van der Waals surface area contributed by atoms with E-state index in [4.69, 9.17) is 34.3 Å². The molecule has 0 aliphatic carbocycles. The third-order valence-electron chi connectivity index (χ3n) is 2.35. The minimum absolute atomic E-state index is 0.0526. The molecule has 4 nitrogen and oxygen atoms in total. The average molecular weight is 301 g/mol. The topological polar surface area (TPSA) is 55.6 Å². The van der Waals surface area contributed by atoms with E-state index >= 15 is 0 Å². The van der Waals surface area contributed by atoms with Crippen molar-refractivity contribution in [2.75, 3.05) is 19.7 Å². The second-order valence-corrected chi connectivity index (χ2v) is 4.99. The molecule has 1 aromatic rings. The summed E-state index contributed by atoms with van der Waals surface area (Å²) in [4.78, 5) is 13.9. The number of rotatable bonds is 7. The average Bonchev–Trinajstić information content (AvgIpc) is 2.35. The standard InChI is InChI=1S/C13H17ClN2O2S/c1-2-6-16(8-12(15)19)13(17)9-18-11-5-3-4-10(14)7-11/h3-5,7H,2,6,8-9H2,1H3,(H2,15,19). The first-order valence-electron chi connectivity index (χ1n) is 5.97. The van der Waals surface area contributed by atoms with E-state index < -0.39 is 0 Å². The van der Waals surface area contributed by atoms with Crippen molar-refractivity contribution in [3.05, 3.63) is 29.3 Å². The summed E-state index contributed by atoms with van der Waals surface area (Å²) in [7, 11) is 0. The van der Waals surface area contributed by atoms with Crippen molar-refractivity contribution in [1.82, 2.24) is 4.90 Å². The number of nitrogens with two attached hydrogens (primary N) is 1. The Morgan fingerprint density at radius 2 is 2.26 bits per heavy atom. The van der Waals surface area contributed by atoms with Gasteiger partial charge in [0.05, 0.1) is 11.5 Å². The Balaban J connectivity index is 2.54. The van der Waals surface area contributed by atoms with Crippen molar-refractivity contribution in [2.45, 2.75) is 13.3 Å². The molecule has 1 amide bonds. The lowest BCUT2D eigenvalue weighted by molar-refractivity contribution is -0.132. The van der Waals surface area contributed by atoms with E-state index in [0.29, 0.717) is 22.3 Å². The summed E-state index contributed by atoms with van der Waals surface area (Å²) in [6, 6.07) is 6.91. The quantitative estimate of drug-likeness (QED) is 0.785. The molecule has 0 bridgehead atoms. The molecule has 6 heteroatoms. The number of amides is 1. The van der Waals surface area contributed by atoms with Crippen LogP contribution in [-0.2, 0) is 4.79 Å². The SMILES string of the molecule is CCCN(CC(N)=S)C(=O)COc1cccc(Cl)c1. The number of hydrogen-bond donors (Lipinski definition) is 1. The maximum absolute atomic E-state index is 12.0. The lowest BCUT2D eigenvalue weighted by Gasteiger charge is -2.21. The Morgan fingerprint density at radius 3 is 2.84 bits per heavy atom. The van der Waals surface area contributed by atoms with E-state index in [1.807, 2.05) is 6.92 Å². The number of hydrogen-bond acceptors (Lipinski definition) is 3. The first-order valence-corrected chi connectivity index (χ1v) is 6.76. The molecule has 0 aliphatic heterocycles. The van der Waals surface area contributed by atoms with Crippen molar-refractivity contribution in [3.8, 4) is 5.75 Å². The van der Waals surface area contributed by atoms with Gasteiger partial charge in [-0.25, -0.2) is 0 Å². The lowest BCUT2D eigenvalue weighted by Crippen LogP contribution is -2.40. The zero-order chi connectivity index (χ0) is 14.3. The fourth-order valence-electron chi connectivity index (χ4n) is 1.54. The first kappa shape index (κ1) is 15.7. The Kier molecular flexibility index (Phi) is 6.59. The maximum atomic E-state index is 12.0. The molecule has 0 heterocycles. The summed E-state index contributed by atoms with van der Waals surface area (Å²) in [5.41, 5.74) is 5.47. The van der Waals surface area contributed by atoms with Gasteiger partial charge in [0.1, 0.15) is 5.75 Å². The molecular weight excluding hydrogens is 284 g/mol. The fourth-order valence-corrected chi connectivity index (χ4v) is 1.88. The van der Waals surface area contributed by atoms with Crippen LogP contribution in [0.15, 0.2) is 24.3 Å². The fraction of sp³-hybridized carbons (Fsp3) is 0.385. The van der Waals surface area contributed by atoms with Gasteiger partial charge in [0.2, 0.25) is 0 Å². The minimum atomic E-state index is -0.144. The van der Waals surface area contributed by atoms with Gasteiger partial charge in [-0.2, -0.15) is 0 Å². The Hall–Kier alpha value is -1.33.